The van der Waals surface area contributed by atoms with Crippen molar-refractivity contribution in [2.45, 2.75) is 26.0 Å². The van der Waals surface area contributed by atoms with E-state index in [1.807, 2.05) is 18.2 Å². The lowest BCUT2D eigenvalue weighted by atomic mass is 10.0. The number of benzene rings is 2. The van der Waals surface area contributed by atoms with Crippen LogP contribution in [0.3, 0.4) is 0 Å². The van der Waals surface area contributed by atoms with Gasteiger partial charge in [-0.25, -0.2) is 4.79 Å². The maximum Gasteiger partial charge on any atom is 0.328 e. The summed E-state index contributed by atoms with van der Waals surface area (Å²) in [4.78, 5) is 38.1. The highest BCUT2D eigenvalue weighted by Crippen LogP contribution is 2.38. The van der Waals surface area contributed by atoms with Crippen molar-refractivity contribution in [3.63, 3.8) is 0 Å². The maximum absolute atomic E-state index is 12.8. The van der Waals surface area contributed by atoms with Crippen molar-refractivity contribution >= 4 is 46.6 Å². The van der Waals surface area contributed by atoms with Crippen LogP contribution in [-0.4, -0.2) is 42.3 Å². The third-order valence-electron chi connectivity index (χ3n) is 5.09. The summed E-state index contributed by atoms with van der Waals surface area (Å²) in [6, 6.07) is 9.89. The summed E-state index contributed by atoms with van der Waals surface area (Å²) >= 11 is 6.71. The lowest BCUT2D eigenvalue weighted by Gasteiger charge is -2.18. The molecule has 34 heavy (non-hydrogen) atoms. The van der Waals surface area contributed by atoms with Gasteiger partial charge in [0.2, 0.25) is 0 Å². The molecule has 0 radical (unpaired) electrons. The van der Waals surface area contributed by atoms with E-state index in [1.165, 1.54) is 21.1 Å². The van der Waals surface area contributed by atoms with Crippen LogP contribution in [0.5, 0.6) is 11.5 Å². The quantitative estimate of drug-likeness (QED) is 0.263. The molecule has 2 aromatic carbocycles. The fourth-order valence-corrected chi connectivity index (χ4v) is 4.40. The van der Waals surface area contributed by atoms with Crippen LogP contribution in [0.15, 0.2) is 54.0 Å². The average molecular weight is 502 g/mol. The van der Waals surface area contributed by atoms with Crippen LogP contribution < -0.4 is 9.47 Å². The van der Waals surface area contributed by atoms with E-state index in [4.69, 9.17) is 21.1 Å². The van der Waals surface area contributed by atoms with Gasteiger partial charge in [-0.05, 0) is 66.6 Å². The lowest BCUT2D eigenvalue weighted by molar-refractivity contribution is -0.148. The number of esters is 1. The molecule has 1 aliphatic heterocycles. The maximum atomic E-state index is 12.8. The first-order valence-electron chi connectivity index (χ1n) is 10.3. The third kappa shape index (κ3) is 5.63. The van der Waals surface area contributed by atoms with E-state index in [0.29, 0.717) is 35.1 Å². The van der Waals surface area contributed by atoms with Crippen LogP contribution >= 0.6 is 23.4 Å². The zero-order chi connectivity index (χ0) is 24.8. The Morgan fingerprint density at radius 1 is 1.21 bits per heavy atom. The minimum atomic E-state index is -1.02. The van der Waals surface area contributed by atoms with Crippen molar-refractivity contribution in [2.24, 2.45) is 0 Å². The molecule has 0 N–H and O–H groups in total. The monoisotopic (exact) mass is 501 g/mol. The van der Waals surface area contributed by atoms with E-state index < -0.39 is 23.2 Å². The Hall–Kier alpha value is -3.23. The summed E-state index contributed by atoms with van der Waals surface area (Å²) in [7, 11) is 2.73. The molecule has 7 nitrogen and oxygen atoms in total. The summed E-state index contributed by atoms with van der Waals surface area (Å²) in [5.41, 5.74) is 2.38. The van der Waals surface area contributed by atoms with Crippen LogP contribution in [-0.2, 0) is 27.4 Å². The topological polar surface area (TPSA) is 82.1 Å². The first-order valence-corrected chi connectivity index (χ1v) is 11.5. The minimum absolute atomic E-state index is 0.196. The van der Waals surface area contributed by atoms with Crippen molar-refractivity contribution in [3.8, 4) is 11.5 Å². The molecular formula is C25H24ClNO6S. The van der Waals surface area contributed by atoms with Gasteiger partial charge in [0.15, 0.2) is 11.5 Å². The van der Waals surface area contributed by atoms with Gasteiger partial charge >= 0.3 is 5.97 Å². The summed E-state index contributed by atoms with van der Waals surface area (Å²) in [6.45, 7) is 5.56. The zero-order valence-corrected chi connectivity index (χ0v) is 20.6. The van der Waals surface area contributed by atoms with E-state index >= 15 is 0 Å². The lowest BCUT2D eigenvalue weighted by Crippen LogP contribution is -2.42. The van der Waals surface area contributed by atoms with Crippen molar-refractivity contribution in [2.75, 3.05) is 14.2 Å². The van der Waals surface area contributed by atoms with E-state index in [0.717, 1.165) is 27.8 Å². The number of halogens is 1. The summed E-state index contributed by atoms with van der Waals surface area (Å²) in [5.74, 6) is -0.190. The van der Waals surface area contributed by atoms with Gasteiger partial charge < -0.3 is 14.2 Å². The van der Waals surface area contributed by atoms with E-state index in [-0.39, 0.29) is 4.91 Å². The standard InChI is InChI=1S/C25H24ClNO6S/c1-5-6-18-11-17(13-21-23(28)27(25(30)34-21)15(2)24(29)32-4)12-20(31-3)22(18)33-14-16-7-9-19(26)10-8-16/h5,7-13,15H,1,6,14H2,2-4H3/b21-13+/t15-/m0/s1. The predicted octanol–water partition coefficient (Wildman–Crippen LogP) is 5.25. The molecule has 178 valence electrons. The number of hydrogen-bond acceptors (Lipinski definition) is 7. The van der Waals surface area contributed by atoms with Crippen molar-refractivity contribution < 1.29 is 28.6 Å². The molecule has 1 fully saturated rings. The molecule has 9 heteroatoms. The Balaban J connectivity index is 1.91. The molecule has 1 saturated heterocycles. The third-order valence-corrected chi connectivity index (χ3v) is 6.22. The van der Waals surface area contributed by atoms with Gasteiger partial charge in [-0.3, -0.25) is 14.5 Å². The second-order valence-electron chi connectivity index (χ2n) is 7.37. The zero-order valence-electron chi connectivity index (χ0n) is 19.0. The number of imide groups is 1. The van der Waals surface area contributed by atoms with Gasteiger partial charge in [-0.1, -0.05) is 29.8 Å². The molecule has 2 amide bonds. The second-order valence-corrected chi connectivity index (χ2v) is 8.80. The molecular weight excluding hydrogens is 478 g/mol. The Bertz CT molecular complexity index is 1140. The van der Waals surface area contributed by atoms with Crippen molar-refractivity contribution in [1.82, 2.24) is 4.90 Å². The molecule has 1 atom stereocenters. The number of nitrogens with zero attached hydrogens (tertiary/aromatic N) is 1. The molecule has 3 rings (SSSR count). The molecule has 0 aromatic heterocycles. The molecule has 0 saturated carbocycles. The summed E-state index contributed by atoms with van der Waals surface area (Å²) < 4.78 is 16.3. The number of ether oxygens (including phenoxy) is 3. The first-order chi connectivity index (χ1) is 16.3. The van der Waals surface area contributed by atoms with Crippen LogP contribution in [0.25, 0.3) is 6.08 Å². The van der Waals surface area contributed by atoms with Gasteiger partial charge in [0, 0.05) is 10.6 Å². The Morgan fingerprint density at radius 2 is 1.91 bits per heavy atom. The van der Waals surface area contributed by atoms with E-state index in [9.17, 15) is 14.4 Å². The largest absolute Gasteiger partial charge is 0.493 e. The van der Waals surface area contributed by atoms with Gasteiger partial charge in [-0.15, -0.1) is 6.58 Å². The van der Waals surface area contributed by atoms with Crippen molar-refractivity contribution in [1.29, 1.82) is 0 Å². The SMILES string of the molecule is C=CCc1cc(/C=C2/SC(=O)N([C@@H](C)C(=O)OC)C2=O)cc(OC)c1OCc1ccc(Cl)cc1. The average Bonchev–Trinajstić information content (AvgIpc) is 3.10. The molecule has 1 aliphatic rings. The highest BCUT2D eigenvalue weighted by atomic mass is 35.5. The van der Waals surface area contributed by atoms with Gasteiger partial charge in [0.05, 0.1) is 19.1 Å². The molecule has 0 spiro atoms. The normalized spacial score (nSPS) is 15.4. The number of amides is 2. The Kier molecular flexibility index (Phi) is 8.41. The number of methoxy groups -OCH3 is 2. The number of rotatable bonds is 9. The smallest absolute Gasteiger partial charge is 0.328 e. The molecule has 1 heterocycles. The van der Waals surface area contributed by atoms with Gasteiger partial charge in [0.25, 0.3) is 11.1 Å². The minimum Gasteiger partial charge on any atom is -0.493 e. The number of carbonyl (C=O) groups is 3. The van der Waals surface area contributed by atoms with Crippen LogP contribution in [0.2, 0.25) is 5.02 Å². The van der Waals surface area contributed by atoms with Gasteiger partial charge in [0.1, 0.15) is 12.6 Å². The number of thioether (sulfide) groups is 1. The highest BCUT2D eigenvalue weighted by Gasteiger charge is 2.41. The molecule has 2 aromatic rings. The van der Waals surface area contributed by atoms with Crippen LogP contribution in [0.1, 0.15) is 23.6 Å². The predicted molar refractivity (Wildman–Crippen MR) is 132 cm³/mol. The first kappa shape index (κ1) is 25.4. The number of allylic oxidation sites excluding steroid dienone is 1. The van der Waals surface area contributed by atoms with Crippen LogP contribution in [0, 0.1) is 0 Å². The second kappa shape index (κ2) is 11.3. The Morgan fingerprint density at radius 3 is 2.53 bits per heavy atom. The highest BCUT2D eigenvalue weighted by molar-refractivity contribution is 8.18. The summed E-state index contributed by atoms with van der Waals surface area (Å²) in [6.07, 6.45) is 3.82. The fraction of sp³-hybridized carbons (Fsp3) is 0.240. The molecule has 0 aliphatic carbocycles. The molecule has 0 bridgehead atoms. The number of carbonyl (C=O) groups excluding carboxylic acids is 3. The summed E-state index contributed by atoms with van der Waals surface area (Å²) in [5, 5.41) is 0.110. The fourth-order valence-electron chi connectivity index (χ4n) is 3.37. The van der Waals surface area contributed by atoms with Gasteiger partial charge in [-0.2, -0.15) is 0 Å². The van der Waals surface area contributed by atoms with Crippen LogP contribution in [0.4, 0.5) is 4.79 Å². The number of hydrogen-bond donors (Lipinski definition) is 0. The Labute approximate surface area is 207 Å². The van der Waals surface area contributed by atoms with Crippen molar-refractivity contribution in [3.05, 3.63) is 75.7 Å². The molecule has 0 unspecified atom stereocenters. The van der Waals surface area contributed by atoms with E-state index in [2.05, 4.69) is 11.3 Å². The van der Waals surface area contributed by atoms with E-state index in [1.54, 1.807) is 30.4 Å².